The predicted octanol–water partition coefficient (Wildman–Crippen LogP) is 3.61. The molecule has 2 bridgehead atoms. The second kappa shape index (κ2) is 6.13. The summed E-state index contributed by atoms with van der Waals surface area (Å²) in [5.41, 5.74) is 0. The van der Waals surface area contributed by atoms with E-state index >= 15 is 0 Å². The Labute approximate surface area is 118 Å². The Balaban J connectivity index is 1.60. The summed E-state index contributed by atoms with van der Waals surface area (Å²) in [5.74, 6) is 3.93. The van der Waals surface area contributed by atoms with Crippen molar-refractivity contribution in [2.75, 3.05) is 13.2 Å². The van der Waals surface area contributed by atoms with Crippen molar-refractivity contribution in [3.05, 3.63) is 0 Å². The molecule has 1 heterocycles. The smallest absolute Gasteiger partial charge is 0.0616 e. The molecule has 6 atom stereocenters. The quantitative estimate of drug-likeness (QED) is 0.792. The minimum atomic E-state index is 0.516. The van der Waals surface area contributed by atoms with Crippen LogP contribution in [-0.4, -0.2) is 25.3 Å². The maximum atomic E-state index is 5.93. The zero-order valence-corrected chi connectivity index (χ0v) is 12.7. The van der Waals surface area contributed by atoms with Gasteiger partial charge in [0.05, 0.1) is 6.10 Å². The number of hydrogen-bond acceptors (Lipinski definition) is 2. The first-order chi connectivity index (χ1) is 9.31. The molecule has 3 rings (SSSR count). The van der Waals surface area contributed by atoms with Crippen LogP contribution in [0.5, 0.6) is 0 Å². The topological polar surface area (TPSA) is 21.3 Å². The highest BCUT2D eigenvalue weighted by Gasteiger charge is 2.42. The van der Waals surface area contributed by atoms with Crippen molar-refractivity contribution in [2.45, 2.75) is 70.9 Å². The molecular weight excluding hydrogens is 234 g/mol. The summed E-state index contributed by atoms with van der Waals surface area (Å²) < 4.78 is 5.93. The van der Waals surface area contributed by atoms with E-state index in [1.54, 1.807) is 6.42 Å². The van der Waals surface area contributed by atoms with E-state index in [0.717, 1.165) is 36.8 Å². The van der Waals surface area contributed by atoms with E-state index in [9.17, 15) is 0 Å². The summed E-state index contributed by atoms with van der Waals surface area (Å²) in [6.45, 7) is 6.63. The molecule has 1 aliphatic heterocycles. The highest BCUT2D eigenvalue weighted by molar-refractivity contribution is 4.94. The lowest BCUT2D eigenvalue weighted by Gasteiger charge is -2.32. The van der Waals surface area contributed by atoms with Crippen LogP contribution in [0, 0.1) is 23.7 Å². The van der Waals surface area contributed by atoms with Crippen molar-refractivity contribution < 1.29 is 4.74 Å². The molecule has 3 fully saturated rings. The van der Waals surface area contributed by atoms with Crippen molar-refractivity contribution in [1.29, 1.82) is 0 Å². The molecule has 0 amide bonds. The predicted molar refractivity (Wildman–Crippen MR) is 79.2 cm³/mol. The summed E-state index contributed by atoms with van der Waals surface area (Å²) in [4.78, 5) is 0. The molecule has 110 valence electrons. The molecule has 0 spiro atoms. The monoisotopic (exact) mass is 265 g/mol. The number of hydrogen-bond donors (Lipinski definition) is 1. The molecule has 2 aliphatic carbocycles. The van der Waals surface area contributed by atoms with Crippen LogP contribution in [0.4, 0.5) is 0 Å². The average molecular weight is 265 g/mol. The minimum absolute atomic E-state index is 0.516. The fourth-order valence-corrected chi connectivity index (χ4v) is 5.21. The molecule has 1 saturated heterocycles. The van der Waals surface area contributed by atoms with E-state index in [0.29, 0.717) is 12.1 Å². The Kier molecular flexibility index (Phi) is 4.48. The van der Waals surface area contributed by atoms with Crippen LogP contribution in [0.2, 0.25) is 0 Å². The van der Waals surface area contributed by atoms with Crippen LogP contribution in [0.25, 0.3) is 0 Å². The number of ether oxygens (including phenoxy) is 1. The zero-order valence-electron chi connectivity index (χ0n) is 12.7. The summed E-state index contributed by atoms with van der Waals surface area (Å²) in [5, 5.41) is 3.80. The van der Waals surface area contributed by atoms with Crippen LogP contribution in [-0.2, 0) is 4.74 Å². The summed E-state index contributed by atoms with van der Waals surface area (Å²) in [7, 11) is 0. The minimum Gasteiger partial charge on any atom is -0.378 e. The third kappa shape index (κ3) is 2.85. The van der Waals surface area contributed by atoms with Gasteiger partial charge in [-0.2, -0.15) is 0 Å². The van der Waals surface area contributed by atoms with E-state index < -0.39 is 0 Å². The Hall–Kier alpha value is -0.0800. The van der Waals surface area contributed by atoms with Crippen LogP contribution < -0.4 is 5.32 Å². The lowest BCUT2D eigenvalue weighted by molar-refractivity contribution is 0.0727. The highest BCUT2D eigenvalue weighted by Crippen LogP contribution is 2.50. The molecule has 0 aromatic rings. The SMILES string of the molecule is CCNC(CC1CC2CCC1C2)C1CCOC1CC. The van der Waals surface area contributed by atoms with Crippen molar-refractivity contribution in [2.24, 2.45) is 23.7 Å². The standard InChI is InChI=1S/C17H31NO/c1-3-17-15(7-8-19-17)16(18-4-2)11-14-10-12-5-6-13(14)9-12/h12-18H,3-11H2,1-2H3. The number of fused-ring (bicyclic) bond motifs is 2. The fourth-order valence-electron chi connectivity index (χ4n) is 5.21. The van der Waals surface area contributed by atoms with Gasteiger partial charge in [-0.1, -0.05) is 20.3 Å². The Morgan fingerprint density at radius 1 is 1.16 bits per heavy atom. The highest BCUT2D eigenvalue weighted by atomic mass is 16.5. The maximum Gasteiger partial charge on any atom is 0.0616 e. The first-order valence-electron chi connectivity index (χ1n) is 8.66. The van der Waals surface area contributed by atoms with Gasteiger partial charge >= 0.3 is 0 Å². The van der Waals surface area contributed by atoms with Crippen LogP contribution in [0.15, 0.2) is 0 Å². The number of nitrogens with one attached hydrogen (secondary N) is 1. The zero-order chi connectivity index (χ0) is 13.2. The molecule has 2 nitrogen and oxygen atoms in total. The van der Waals surface area contributed by atoms with Gasteiger partial charge in [-0.15, -0.1) is 0 Å². The van der Waals surface area contributed by atoms with Crippen LogP contribution >= 0.6 is 0 Å². The van der Waals surface area contributed by atoms with E-state index in [-0.39, 0.29) is 0 Å². The molecule has 0 aromatic carbocycles. The molecular formula is C17H31NO. The van der Waals surface area contributed by atoms with Gasteiger partial charge in [0, 0.05) is 18.6 Å². The largest absolute Gasteiger partial charge is 0.378 e. The molecule has 0 aromatic heterocycles. The van der Waals surface area contributed by atoms with Gasteiger partial charge in [0.15, 0.2) is 0 Å². The van der Waals surface area contributed by atoms with Crippen molar-refractivity contribution in [1.82, 2.24) is 5.32 Å². The second-order valence-electron chi connectivity index (χ2n) is 7.10. The lowest BCUT2D eigenvalue weighted by atomic mass is 9.79. The molecule has 1 N–H and O–H groups in total. The molecule has 19 heavy (non-hydrogen) atoms. The van der Waals surface area contributed by atoms with Crippen LogP contribution in [0.3, 0.4) is 0 Å². The molecule has 2 saturated carbocycles. The van der Waals surface area contributed by atoms with E-state index in [2.05, 4.69) is 19.2 Å². The summed E-state index contributed by atoms with van der Waals surface area (Å²) >= 11 is 0. The maximum absolute atomic E-state index is 5.93. The van der Waals surface area contributed by atoms with Crippen LogP contribution in [0.1, 0.15) is 58.8 Å². The van der Waals surface area contributed by atoms with Gasteiger partial charge in [0.2, 0.25) is 0 Å². The normalized spacial score (nSPS) is 42.9. The summed E-state index contributed by atoms with van der Waals surface area (Å²) in [6.07, 6.45) is 10.5. The van der Waals surface area contributed by atoms with Gasteiger partial charge < -0.3 is 10.1 Å². The van der Waals surface area contributed by atoms with Gasteiger partial charge in [0.1, 0.15) is 0 Å². The second-order valence-corrected chi connectivity index (χ2v) is 7.10. The third-order valence-corrected chi connectivity index (χ3v) is 6.09. The van der Waals surface area contributed by atoms with E-state index in [4.69, 9.17) is 4.74 Å². The van der Waals surface area contributed by atoms with Gasteiger partial charge in [0.25, 0.3) is 0 Å². The van der Waals surface area contributed by atoms with Gasteiger partial charge in [-0.3, -0.25) is 0 Å². The van der Waals surface area contributed by atoms with Gasteiger partial charge in [-0.05, 0) is 62.8 Å². The molecule has 6 unspecified atom stereocenters. The fraction of sp³-hybridized carbons (Fsp3) is 1.00. The molecule has 2 heteroatoms. The Morgan fingerprint density at radius 2 is 2.05 bits per heavy atom. The Morgan fingerprint density at radius 3 is 2.68 bits per heavy atom. The lowest BCUT2D eigenvalue weighted by Crippen LogP contribution is -2.41. The van der Waals surface area contributed by atoms with Crippen molar-refractivity contribution in [3.63, 3.8) is 0 Å². The first kappa shape index (κ1) is 13.9. The molecule has 0 radical (unpaired) electrons. The van der Waals surface area contributed by atoms with E-state index in [1.807, 2.05) is 0 Å². The third-order valence-electron chi connectivity index (χ3n) is 6.09. The molecule has 3 aliphatic rings. The Bertz CT molecular complexity index is 293. The average Bonchev–Trinajstić information content (AvgIpc) is 3.13. The van der Waals surface area contributed by atoms with Crippen molar-refractivity contribution >= 4 is 0 Å². The summed E-state index contributed by atoms with van der Waals surface area (Å²) in [6, 6.07) is 0.710. The first-order valence-corrected chi connectivity index (χ1v) is 8.66. The number of rotatable bonds is 6. The van der Waals surface area contributed by atoms with Gasteiger partial charge in [-0.25, -0.2) is 0 Å². The van der Waals surface area contributed by atoms with Crippen molar-refractivity contribution in [3.8, 4) is 0 Å². The van der Waals surface area contributed by atoms with E-state index in [1.165, 1.54) is 38.5 Å².